The molecular formula is C21H33NO2. The van der Waals surface area contributed by atoms with Crippen molar-refractivity contribution in [2.75, 3.05) is 6.54 Å². The fourth-order valence-electron chi connectivity index (χ4n) is 3.64. The molecule has 1 amide bonds. The molecule has 24 heavy (non-hydrogen) atoms. The maximum Gasteiger partial charge on any atom is 0.410 e. The number of amides is 1. The van der Waals surface area contributed by atoms with Gasteiger partial charge in [0.25, 0.3) is 0 Å². The first-order valence-electron chi connectivity index (χ1n) is 9.47. The molecular weight excluding hydrogens is 298 g/mol. The summed E-state index contributed by atoms with van der Waals surface area (Å²) in [4.78, 5) is 14.9. The average molecular weight is 332 g/mol. The van der Waals surface area contributed by atoms with Crippen molar-refractivity contribution in [2.24, 2.45) is 5.92 Å². The van der Waals surface area contributed by atoms with E-state index in [2.05, 4.69) is 31.2 Å². The fourth-order valence-corrected chi connectivity index (χ4v) is 3.64. The van der Waals surface area contributed by atoms with Crippen LogP contribution in [0.15, 0.2) is 30.3 Å². The molecule has 0 aliphatic carbocycles. The van der Waals surface area contributed by atoms with Crippen molar-refractivity contribution in [3.8, 4) is 0 Å². The normalized spacial score (nSPS) is 22.1. The summed E-state index contributed by atoms with van der Waals surface area (Å²) in [6.07, 6.45) is 6.87. The van der Waals surface area contributed by atoms with Crippen LogP contribution in [0, 0.1) is 5.92 Å². The van der Waals surface area contributed by atoms with Crippen LogP contribution >= 0.6 is 0 Å². The number of ether oxygens (including phenoxy) is 1. The number of carbonyl (C=O) groups excluding carboxylic acids is 1. The maximum absolute atomic E-state index is 12.9. The van der Waals surface area contributed by atoms with Crippen molar-refractivity contribution >= 4 is 6.09 Å². The molecule has 1 fully saturated rings. The Bertz CT molecular complexity index is 506. The second kappa shape index (κ2) is 8.55. The van der Waals surface area contributed by atoms with Gasteiger partial charge in [0.1, 0.15) is 5.60 Å². The summed E-state index contributed by atoms with van der Waals surface area (Å²) in [7, 11) is 0. The Labute approximate surface area is 147 Å². The summed E-state index contributed by atoms with van der Waals surface area (Å²) in [5, 5.41) is 0. The molecule has 1 heterocycles. The van der Waals surface area contributed by atoms with E-state index in [-0.39, 0.29) is 12.1 Å². The minimum absolute atomic E-state index is 0.134. The third kappa shape index (κ3) is 5.25. The van der Waals surface area contributed by atoms with Crippen LogP contribution in [-0.2, 0) is 4.74 Å². The van der Waals surface area contributed by atoms with Gasteiger partial charge in [-0.25, -0.2) is 4.79 Å². The molecule has 0 spiro atoms. The van der Waals surface area contributed by atoms with Gasteiger partial charge in [-0.15, -0.1) is 0 Å². The van der Waals surface area contributed by atoms with E-state index in [1.165, 1.54) is 37.7 Å². The van der Waals surface area contributed by atoms with Crippen molar-refractivity contribution in [1.82, 2.24) is 4.90 Å². The van der Waals surface area contributed by atoms with E-state index >= 15 is 0 Å². The Balaban J connectivity index is 2.31. The zero-order valence-corrected chi connectivity index (χ0v) is 15.8. The van der Waals surface area contributed by atoms with E-state index in [1.54, 1.807) is 0 Å². The lowest BCUT2D eigenvalue weighted by Crippen LogP contribution is -2.41. The molecule has 0 N–H and O–H groups in total. The van der Waals surface area contributed by atoms with E-state index in [9.17, 15) is 4.79 Å². The van der Waals surface area contributed by atoms with E-state index in [4.69, 9.17) is 4.74 Å². The molecule has 1 aromatic carbocycles. The molecule has 2 rings (SSSR count). The lowest BCUT2D eigenvalue weighted by molar-refractivity contribution is 0.0106. The second-order valence-corrected chi connectivity index (χ2v) is 7.93. The van der Waals surface area contributed by atoms with Gasteiger partial charge >= 0.3 is 6.09 Å². The number of hydrogen-bond donors (Lipinski definition) is 0. The van der Waals surface area contributed by atoms with Crippen LogP contribution in [0.25, 0.3) is 0 Å². The van der Waals surface area contributed by atoms with Crippen LogP contribution in [0.3, 0.4) is 0 Å². The second-order valence-electron chi connectivity index (χ2n) is 7.93. The first-order chi connectivity index (χ1) is 11.4. The number of likely N-dealkylation sites (tertiary alicyclic amines) is 1. The first kappa shape index (κ1) is 18.8. The van der Waals surface area contributed by atoms with Crippen molar-refractivity contribution in [2.45, 2.75) is 77.9 Å². The standard InChI is InChI=1S/C21H33NO2/c1-5-6-12-17-15-10-11-16-22(20(23)24-21(2,3)4)19(17)18-13-8-7-9-14-18/h7-9,13-14,17,19H,5-6,10-12,15-16H2,1-4H3. The van der Waals surface area contributed by atoms with Gasteiger partial charge in [-0.05, 0) is 51.5 Å². The van der Waals surface area contributed by atoms with E-state index in [0.717, 1.165) is 13.0 Å². The third-order valence-electron chi connectivity index (χ3n) is 4.70. The Kier molecular flexibility index (Phi) is 6.70. The molecule has 1 saturated heterocycles. The van der Waals surface area contributed by atoms with Gasteiger partial charge in [-0.3, -0.25) is 0 Å². The van der Waals surface area contributed by atoms with Gasteiger partial charge in [0.05, 0.1) is 6.04 Å². The van der Waals surface area contributed by atoms with Crippen molar-refractivity contribution in [1.29, 1.82) is 0 Å². The highest BCUT2D eigenvalue weighted by molar-refractivity contribution is 5.69. The quantitative estimate of drug-likeness (QED) is 0.681. The number of benzene rings is 1. The lowest BCUT2D eigenvalue weighted by atomic mass is 9.85. The number of unbranched alkanes of at least 4 members (excludes halogenated alkanes) is 1. The van der Waals surface area contributed by atoms with E-state index in [1.807, 2.05) is 31.7 Å². The number of nitrogens with zero attached hydrogens (tertiary/aromatic N) is 1. The first-order valence-corrected chi connectivity index (χ1v) is 9.47. The Morgan fingerprint density at radius 1 is 1.21 bits per heavy atom. The smallest absolute Gasteiger partial charge is 0.410 e. The van der Waals surface area contributed by atoms with Crippen LogP contribution in [0.1, 0.15) is 77.8 Å². The highest BCUT2D eigenvalue weighted by Gasteiger charge is 2.35. The average Bonchev–Trinajstić information content (AvgIpc) is 2.74. The molecule has 3 nitrogen and oxygen atoms in total. The summed E-state index contributed by atoms with van der Waals surface area (Å²) >= 11 is 0. The van der Waals surface area contributed by atoms with E-state index in [0.29, 0.717) is 5.92 Å². The largest absolute Gasteiger partial charge is 0.444 e. The topological polar surface area (TPSA) is 29.5 Å². The molecule has 1 aromatic rings. The number of hydrogen-bond acceptors (Lipinski definition) is 2. The van der Waals surface area contributed by atoms with Gasteiger partial charge < -0.3 is 9.64 Å². The monoisotopic (exact) mass is 331 g/mol. The van der Waals surface area contributed by atoms with Crippen molar-refractivity contribution in [3.63, 3.8) is 0 Å². The van der Waals surface area contributed by atoms with Gasteiger partial charge in [0.15, 0.2) is 0 Å². The van der Waals surface area contributed by atoms with Gasteiger partial charge in [0, 0.05) is 6.54 Å². The molecule has 3 heteroatoms. The van der Waals surface area contributed by atoms with Crippen LogP contribution in [0.4, 0.5) is 4.79 Å². The third-order valence-corrected chi connectivity index (χ3v) is 4.70. The van der Waals surface area contributed by atoms with Crippen LogP contribution in [0.5, 0.6) is 0 Å². The molecule has 0 saturated carbocycles. The minimum atomic E-state index is -0.455. The van der Waals surface area contributed by atoms with Crippen molar-refractivity contribution < 1.29 is 9.53 Å². The zero-order valence-electron chi connectivity index (χ0n) is 15.8. The molecule has 134 valence electrons. The molecule has 0 bridgehead atoms. The highest BCUT2D eigenvalue weighted by Crippen LogP contribution is 2.38. The SMILES string of the molecule is CCCCC1CCCCN(C(=O)OC(C)(C)C)C1c1ccccc1. The van der Waals surface area contributed by atoms with Gasteiger partial charge in [0.2, 0.25) is 0 Å². The van der Waals surface area contributed by atoms with Gasteiger partial charge in [-0.2, -0.15) is 0 Å². The summed E-state index contributed by atoms with van der Waals surface area (Å²) in [5.74, 6) is 0.516. The fraction of sp³-hybridized carbons (Fsp3) is 0.667. The Hall–Kier alpha value is -1.51. The van der Waals surface area contributed by atoms with Crippen LogP contribution in [0.2, 0.25) is 0 Å². The van der Waals surface area contributed by atoms with Crippen LogP contribution in [-0.4, -0.2) is 23.1 Å². The maximum atomic E-state index is 12.9. The van der Waals surface area contributed by atoms with E-state index < -0.39 is 5.60 Å². The number of rotatable bonds is 4. The lowest BCUT2D eigenvalue weighted by Gasteiger charge is -2.36. The Morgan fingerprint density at radius 2 is 1.92 bits per heavy atom. The Morgan fingerprint density at radius 3 is 2.54 bits per heavy atom. The molecule has 1 aliphatic rings. The summed E-state index contributed by atoms with van der Waals surface area (Å²) < 4.78 is 5.72. The molecule has 1 aliphatic heterocycles. The predicted molar refractivity (Wildman–Crippen MR) is 99.0 cm³/mol. The molecule has 0 radical (unpaired) electrons. The minimum Gasteiger partial charge on any atom is -0.444 e. The molecule has 2 atom stereocenters. The molecule has 2 unspecified atom stereocenters. The van der Waals surface area contributed by atoms with Crippen molar-refractivity contribution in [3.05, 3.63) is 35.9 Å². The van der Waals surface area contributed by atoms with Gasteiger partial charge in [-0.1, -0.05) is 56.5 Å². The number of carbonyl (C=O) groups is 1. The summed E-state index contributed by atoms with van der Waals surface area (Å²) in [6, 6.07) is 10.6. The highest BCUT2D eigenvalue weighted by atomic mass is 16.6. The molecule has 0 aromatic heterocycles. The zero-order chi connectivity index (χ0) is 17.6. The summed E-state index contributed by atoms with van der Waals surface area (Å²) in [5.41, 5.74) is 0.787. The van der Waals surface area contributed by atoms with Crippen LogP contribution < -0.4 is 0 Å². The predicted octanol–water partition coefficient (Wildman–Crippen LogP) is 5.96. The summed E-state index contributed by atoms with van der Waals surface area (Å²) in [6.45, 7) is 8.84.